The van der Waals surface area contributed by atoms with Crippen molar-refractivity contribution in [2.45, 2.75) is 63.3 Å². The zero-order valence-corrected chi connectivity index (χ0v) is 33.6. The van der Waals surface area contributed by atoms with Crippen molar-refractivity contribution in [2.75, 3.05) is 13.7 Å². The van der Waals surface area contributed by atoms with Crippen LogP contribution in [0, 0.1) is 0 Å². The molecule has 5 N–H and O–H groups in total. The molecule has 1 heterocycles. The molecule has 0 saturated carbocycles. The molecule has 0 fully saturated rings. The summed E-state index contributed by atoms with van der Waals surface area (Å²) in [6, 6.07) is 36.5. The quantitative estimate of drug-likeness (QED) is 0.0785. The third kappa shape index (κ3) is 13.2. The summed E-state index contributed by atoms with van der Waals surface area (Å²) in [6.45, 7) is -0.213. The van der Waals surface area contributed by atoms with E-state index >= 15 is 0 Å². The van der Waals surface area contributed by atoms with Gasteiger partial charge in [0.25, 0.3) is 0 Å². The third-order valence-corrected chi connectivity index (χ3v) is 9.88. The Labute approximate surface area is 353 Å². The van der Waals surface area contributed by atoms with Crippen LogP contribution in [0.25, 0.3) is 11.1 Å². The fourth-order valence-electron chi connectivity index (χ4n) is 6.69. The number of carbonyl (C=O) groups excluding carboxylic acids is 5. The lowest BCUT2D eigenvalue weighted by molar-refractivity contribution is -0.145. The number of methoxy groups -OCH3 is 1. The van der Waals surface area contributed by atoms with Gasteiger partial charge >= 0.3 is 18.2 Å². The summed E-state index contributed by atoms with van der Waals surface area (Å²) in [5, 5.41) is 21.6. The predicted molar refractivity (Wildman–Crippen MR) is 225 cm³/mol. The fourth-order valence-corrected chi connectivity index (χ4v) is 6.69. The minimum absolute atomic E-state index is 0.00816. The lowest BCUT2D eigenvalue weighted by Crippen LogP contribution is -2.57. The standard InChI is InChI=1S/C47H48N4O10/c1-58-45(55)41-23-34-18-11-19-35(22-34)36-20-21-42(59-28-31-12-5-2-6-13-31)37(24-36)25-39(51-47(57)61-30-33-16-9-4-10-17-33)43(53)49-40(44(54)50-41)26-38(52)27-48-46(56)60-29-32-14-7-3-8-15-32/h2-22,24,38-41,52H,23,25-30H2,1H3,(H,48,56)(H,49,53)(H,50,54)(H,51,57)/t38-,39+,40+,41+/m1/s1. The van der Waals surface area contributed by atoms with Gasteiger partial charge in [-0.2, -0.15) is 0 Å². The molecule has 61 heavy (non-hydrogen) atoms. The molecule has 0 radical (unpaired) electrons. The van der Waals surface area contributed by atoms with E-state index < -0.39 is 60.6 Å². The first-order chi connectivity index (χ1) is 29.6. The van der Waals surface area contributed by atoms with E-state index in [1.165, 1.54) is 7.11 Å². The first kappa shape index (κ1) is 43.4. The average Bonchev–Trinajstić information content (AvgIpc) is 3.29. The van der Waals surface area contributed by atoms with Crippen LogP contribution >= 0.6 is 0 Å². The highest BCUT2D eigenvalue weighted by molar-refractivity contribution is 5.93. The highest BCUT2D eigenvalue weighted by atomic mass is 16.6. The molecular formula is C47H48N4O10. The summed E-state index contributed by atoms with van der Waals surface area (Å²) < 4.78 is 22.1. The van der Waals surface area contributed by atoms with E-state index in [9.17, 15) is 29.1 Å². The molecule has 5 aromatic rings. The van der Waals surface area contributed by atoms with Gasteiger partial charge in [-0.3, -0.25) is 9.59 Å². The number of aliphatic hydroxyl groups excluding tert-OH is 1. The number of fused-ring (bicyclic) bond motifs is 5. The molecule has 4 atom stereocenters. The number of carbonyl (C=O) groups is 5. The molecule has 316 valence electrons. The van der Waals surface area contributed by atoms with Crippen molar-refractivity contribution in [1.29, 1.82) is 0 Å². The fraction of sp³-hybridized carbons (Fsp3) is 0.255. The van der Waals surface area contributed by atoms with E-state index in [1.54, 1.807) is 54.6 Å². The van der Waals surface area contributed by atoms with Crippen LogP contribution in [0.3, 0.4) is 0 Å². The number of alkyl carbamates (subject to hydrolysis) is 2. The van der Waals surface area contributed by atoms with Gasteiger partial charge in [0.2, 0.25) is 11.8 Å². The summed E-state index contributed by atoms with van der Waals surface area (Å²) >= 11 is 0. The van der Waals surface area contributed by atoms with Crippen molar-refractivity contribution in [3.8, 4) is 16.9 Å². The minimum atomic E-state index is -1.47. The second kappa shape index (κ2) is 21.7. The third-order valence-electron chi connectivity index (χ3n) is 9.88. The Morgan fingerprint density at radius 3 is 1.93 bits per heavy atom. The van der Waals surface area contributed by atoms with Crippen LogP contribution < -0.4 is 26.0 Å². The molecule has 1 aliphatic rings. The average molecular weight is 829 g/mol. The summed E-state index contributed by atoms with van der Waals surface area (Å²) in [5.41, 5.74) is 5.20. The first-order valence-electron chi connectivity index (χ1n) is 19.8. The largest absolute Gasteiger partial charge is 0.489 e. The molecule has 0 aliphatic carbocycles. The molecule has 4 amide bonds. The summed E-state index contributed by atoms with van der Waals surface area (Å²) in [7, 11) is 1.20. The SMILES string of the molecule is COC(=O)[C@@H]1Cc2cccc(c2)-c2ccc(OCc3ccccc3)c(c2)C[C@H](NC(=O)OCc2ccccc2)C(=O)N[C@@H](C[C@@H](O)CNC(=O)OCc2ccccc2)C(=O)N1. The van der Waals surface area contributed by atoms with Gasteiger partial charge in [0.1, 0.15) is 43.7 Å². The van der Waals surface area contributed by atoms with Crippen LogP contribution in [0.2, 0.25) is 0 Å². The maximum Gasteiger partial charge on any atom is 0.408 e. The number of amides is 4. The van der Waals surface area contributed by atoms with Crippen LogP contribution in [0.15, 0.2) is 133 Å². The lowest BCUT2D eigenvalue weighted by Gasteiger charge is -2.26. The maximum atomic E-state index is 14.4. The highest BCUT2D eigenvalue weighted by Gasteiger charge is 2.33. The van der Waals surface area contributed by atoms with Crippen molar-refractivity contribution in [3.05, 3.63) is 161 Å². The Hall–Kier alpha value is -7.19. The molecule has 0 unspecified atom stereocenters. The molecule has 14 nitrogen and oxygen atoms in total. The number of rotatable bonds is 13. The molecule has 0 saturated heterocycles. The van der Waals surface area contributed by atoms with E-state index in [2.05, 4.69) is 21.3 Å². The van der Waals surface area contributed by atoms with Crippen molar-refractivity contribution in [2.24, 2.45) is 0 Å². The summed E-state index contributed by atoms with van der Waals surface area (Å²) in [5.74, 6) is -1.91. The molecular weight excluding hydrogens is 781 g/mol. The smallest absolute Gasteiger partial charge is 0.408 e. The number of benzene rings is 5. The second-order valence-electron chi connectivity index (χ2n) is 14.4. The molecule has 4 bridgehead atoms. The Kier molecular flexibility index (Phi) is 15.4. The number of hydrogen-bond donors (Lipinski definition) is 5. The van der Waals surface area contributed by atoms with E-state index in [0.717, 1.165) is 27.8 Å². The number of aliphatic hydroxyl groups is 1. The van der Waals surface area contributed by atoms with Crippen molar-refractivity contribution < 1.29 is 48.0 Å². The van der Waals surface area contributed by atoms with Gasteiger partial charge in [-0.05, 0) is 51.1 Å². The Balaban J connectivity index is 1.31. The summed E-state index contributed by atoms with van der Waals surface area (Å²) in [6.07, 6.45) is -3.58. The highest BCUT2D eigenvalue weighted by Crippen LogP contribution is 2.30. The van der Waals surface area contributed by atoms with Gasteiger partial charge in [-0.25, -0.2) is 14.4 Å². The van der Waals surface area contributed by atoms with E-state index in [0.29, 0.717) is 16.9 Å². The molecule has 14 heteroatoms. The van der Waals surface area contributed by atoms with Gasteiger partial charge in [0.05, 0.1) is 13.2 Å². The Morgan fingerprint density at radius 1 is 0.689 bits per heavy atom. The van der Waals surface area contributed by atoms with Crippen molar-refractivity contribution in [1.82, 2.24) is 21.3 Å². The summed E-state index contributed by atoms with van der Waals surface area (Å²) in [4.78, 5) is 67.5. The topological polar surface area (TPSA) is 191 Å². The predicted octanol–water partition coefficient (Wildman–Crippen LogP) is 5.15. The zero-order valence-electron chi connectivity index (χ0n) is 33.6. The minimum Gasteiger partial charge on any atom is -0.489 e. The molecule has 0 spiro atoms. The Morgan fingerprint density at radius 2 is 1.30 bits per heavy atom. The van der Waals surface area contributed by atoms with Crippen LogP contribution in [0.1, 0.15) is 34.2 Å². The van der Waals surface area contributed by atoms with Crippen LogP contribution in [0.4, 0.5) is 9.59 Å². The van der Waals surface area contributed by atoms with E-state index in [4.69, 9.17) is 18.9 Å². The van der Waals surface area contributed by atoms with Crippen molar-refractivity contribution in [3.63, 3.8) is 0 Å². The van der Waals surface area contributed by atoms with Crippen LogP contribution in [0.5, 0.6) is 5.75 Å². The molecule has 1 aliphatic heterocycles. The maximum absolute atomic E-state index is 14.4. The van der Waals surface area contributed by atoms with E-state index in [-0.39, 0.29) is 39.2 Å². The first-order valence-corrected chi connectivity index (χ1v) is 19.8. The zero-order chi connectivity index (χ0) is 43.0. The molecule has 6 rings (SSSR count). The van der Waals surface area contributed by atoms with Crippen LogP contribution in [-0.4, -0.2) is 73.0 Å². The van der Waals surface area contributed by atoms with Crippen LogP contribution in [-0.2, 0) is 61.3 Å². The van der Waals surface area contributed by atoms with E-state index in [1.807, 2.05) is 78.9 Å². The van der Waals surface area contributed by atoms with Gasteiger partial charge < -0.3 is 45.3 Å². The van der Waals surface area contributed by atoms with Gasteiger partial charge in [-0.1, -0.05) is 121 Å². The lowest BCUT2D eigenvalue weighted by atomic mass is 9.96. The van der Waals surface area contributed by atoms with Gasteiger partial charge in [0.15, 0.2) is 0 Å². The Bertz CT molecular complexity index is 2260. The molecule has 5 aromatic carbocycles. The number of nitrogens with one attached hydrogen (secondary N) is 4. The second-order valence-corrected chi connectivity index (χ2v) is 14.4. The normalized spacial score (nSPS) is 16.9. The number of esters is 1. The van der Waals surface area contributed by atoms with Gasteiger partial charge in [0, 0.05) is 25.8 Å². The number of ether oxygens (including phenoxy) is 4. The molecule has 0 aromatic heterocycles. The monoisotopic (exact) mass is 828 g/mol. The van der Waals surface area contributed by atoms with Gasteiger partial charge in [-0.15, -0.1) is 0 Å². The number of hydrogen-bond acceptors (Lipinski definition) is 10. The van der Waals surface area contributed by atoms with Crippen molar-refractivity contribution >= 4 is 30.0 Å².